The highest BCUT2D eigenvalue weighted by atomic mass is 32.2. The lowest BCUT2D eigenvalue weighted by atomic mass is 10.1. The van der Waals surface area contributed by atoms with Crippen molar-refractivity contribution in [1.82, 2.24) is 19.9 Å². The zero-order chi connectivity index (χ0) is 23.0. The van der Waals surface area contributed by atoms with E-state index in [1.807, 2.05) is 0 Å². The fourth-order valence-corrected chi connectivity index (χ4v) is 4.74. The van der Waals surface area contributed by atoms with Gasteiger partial charge in [-0.3, -0.25) is 9.40 Å². The first-order valence-electron chi connectivity index (χ1n) is 9.84. The number of hydrogen-bond donors (Lipinski definition) is 1. The Morgan fingerprint density at radius 2 is 2.12 bits per heavy atom. The van der Waals surface area contributed by atoms with Gasteiger partial charge in [0, 0.05) is 18.5 Å². The van der Waals surface area contributed by atoms with E-state index in [-0.39, 0.29) is 28.9 Å². The van der Waals surface area contributed by atoms with Gasteiger partial charge in [0.05, 0.1) is 32.0 Å². The fraction of sp³-hybridized carbons (Fsp3) is 0.190. The summed E-state index contributed by atoms with van der Waals surface area (Å²) in [6.07, 6.45) is 6.99. The van der Waals surface area contributed by atoms with Gasteiger partial charge in [-0.1, -0.05) is 5.16 Å². The van der Waals surface area contributed by atoms with Gasteiger partial charge in [0.15, 0.2) is 17.2 Å². The lowest BCUT2D eigenvalue weighted by molar-refractivity contribution is 0.341. The molecule has 0 fully saturated rings. The van der Waals surface area contributed by atoms with Crippen molar-refractivity contribution < 1.29 is 27.2 Å². The third-order valence-corrected chi connectivity index (χ3v) is 6.38. The van der Waals surface area contributed by atoms with E-state index in [1.165, 1.54) is 20.3 Å². The maximum Gasteiger partial charge on any atom is 0.266 e. The topological polar surface area (TPSA) is 131 Å². The lowest BCUT2D eigenvalue weighted by Gasteiger charge is -2.19. The summed E-state index contributed by atoms with van der Waals surface area (Å²) in [5.74, 6) is 0.826. The van der Waals surface area contributed by atoms with E-state index in [9.17, 15) is 8.42 Å². The molecule has 0 radical (unpaired) electrons. The van der Waals surface area contributed by atoms with Crippen molar-refractivity contribution in [3.05, 3.63) is 54.0 Å². The van der Waals surface area contributed by atoms with Crippen LogP contribution in [0.2, 0.25) is 0 Å². The summed E-state index contributed by atoms with van der Waals surface area (Å²) in [5.41, 5.74) is 1.47. The number of benzene rings is 1. The first-order valence-corrected chi connectivity index (χ1v) is 11.3. The smallest absolute Gasteiger partial charge is 0.266 e. The number of nitrogens with zero attached hydrogens (tertiary/aromatic N) is 4. The largest absolute Gasteiger partial charge is 0.496 e. The van der Waals surface area contributed by atoms with Crippen molar-refractivity contribution in [1.29, 1.82) is 0 Å². The summed E-state index contributed by atoms with van der Waals surface area (Å²) < 4.78 is 52.5. The molecule has 170 valence electrons. The third kappa shape index (κ3) is 3.74. The molecule has 4 heterocycles. The van der Waals surface area contributed by atoms with Gasteiger partial charge < -0.3 is 18.7 Å². The first-order chi connectivity index (χ1) is 16.0. The Hall–Kier alpha value is -4.06. The Balaban J connectivity index is 1.54. The van der Waals surface area contributed by atoms with Crippen LogP contribution in [0.3, 0.4) is 0 Å². The maximum atomic E-state index is 13.3. The molecule has 0 saturated carbocycles. The number of fused-ring (bicyclic) bond motifs is 2. The number of hydrogen-bond acceptors (Lipinski definition) is 9. The van der Waals surface area contributed by atoms with Crippen LogP contribution in [0.25, 0.3) is 17.0 Å². The molecule has 11 nitrogen and oxygen atoms in total. The molecule has 1 aromatic carbocycles. The minimum absolute atomic E-state index is 0.0455. The number of methoxy groups -OCH3 is 2. The Morgan fingerprint density at radius 3 is 2.88 bits per heavy atom. The molecule has 0 unspecified atom stereocenters. The van der Waals surface area contributed by atoms with Crippen molar-refractivity contribution in [2.75, 3.05) is 25.5 Å². The average Bonchev–Trinajstić information content (AvgIpc) is 3.47. The highest BCUT2D eigenvalue weighted by Gasteiger charge is 2.28. The highest BCUT2D eigenvalue weighted by Crippen LogP contribution is 2.39. The number of sulfonamides is 1. The van der Waals surface area contributed by atoms with Gasteiger partial charge in [-0.15, -0.1) is 0 Å². The molecular formula is C21H19N5O6S. The standard InChI is InChI=1S/C21H19N5O6S/c1-29-15-6-7-17(19-14(15)5-3-10-31-19)33(27,28)25-20-18-16(32-24-20)11-13(23-21(18)30-2)12-26-9-4-8-22-26/h3-9,11H,10,12H2,1-2H3,(H,24,25). The van der Waals surface area contributed by atoms with E-state index in [2.05, 4.69) is 20.0 Å². The highest BCUT2D eigenvalue weighted by molar-refractivity contribution is 7.92. The fourth-order valence-electron chi connectivity index (χ4n) is 3.57. The van der Waals surface area contributed by atoms with Crippen molar-refractivity contribution >= 4 is 32.9 Å². The van der Waals surface area contributed by atoms with Gasteiger partial charge in [-0.25, -0.2) is 13.4 Å². The SMILES string of the molecule is COc1ccc(S(=O)(=O)Nc2noc3cc(Cn4cccn4)nc(OC)c23)c2c1C=CCO2. The van der Waals surface area contributed by atoms with Crippen molar-refractivity contribution in [3.63, 3.8) is 0 Å². The van der Waals surface area contributed by atoms with E-state index >= 15 is 0 Å². The summed E-state index contributed by atoms with van der Waals surface area (Å²) in [6, 6.07) is 6.44. The molecule has 0 aliphatic carbocycles. The molecule has 0 spiro atoms. The Bertz CT molecular complexity index is 1460. The second kappa shape index (κ2) is 8.13. The Morgan fingerprint density at radius 1 is 1.24 bits per heavy atom. The van der Waals surface area contributed by atoms with Crippen LogP contribution < -0.4 is 18.9 Å². The zero-order valence-corrected chi connectivity index (χ0v) is 18.5. The molecule has 12 heteroatoms. The van der Waals surface area contributed by atoms with Crippen LogP contribution in [-0.2, 0) is 16.6 Å². The number of ether oxygens (including phenoxy) is 3. The molecular weight excluding hydrogens is 450 g/mol. The van der Waals surface area contributed by atoms with Crippen LogP contribution in [0.5, 0.6) is 17.4 Å². The van der Waals surface area contributed by atoms with Crippen molar-refractivity contribution in [3.8, 4) is 17.4 Å². The van der Waals surface area contributed by atoms with E-state index < -0.39 is 10.0 Å². The summed E-state index contributed by atoms with van der Waals surface area (Å²) in [7, 11) is -1.16. The molecule has 33 heavy (non-hydrogen) atoms. The van der Waals surface area contributed by atoms with Crippen LogP contribution in [-0.4, -0.2) is 49.2 Å². The van der Waals surface area contributed by atoms with Crippen LogP contribution in [0.4, 0.5) is 5.82 Å². The van der Waals surface area contributed by atoms with Crippen LogP contribution in [0.15, 0.2) is 52.2 Å². The van der Waals surface area contributed by atoms with Crippen LogP contribution >= 0.6 is 0 Å². The predicted octanol–water partition coefficient (Wildman–Crippen LogP) is 2.69. The van der Waals surface area contributed by atoms with Crippen LogP contribution in [0, 0.1) is 0 Å². The first kappa shape index (κ1) is 20.8. The van der Waals surface area contributed by atoms with Gasteiger partial charge >= 0.3 is 0 Å². The van der Waals surface area contributed by atoms with Gasteiger partial charge in [0.2, 0.25) is 5.88 Å². The summed E-state index contributed by atoms with van der Waals surface area (Å²) in [4.78, 5) is 4.40. The quantitative estimate of drug-likeness (QED) is 0.434. The number of anilines is 1. The van der Waals surface area contributed by atoms with E-state index in [4.69, 9.17) is 18.7 Å². The second-order valence-electron chi connectivity index (χ2n) is 7.06. The molecule has 4 aromatic rings. The molecule has 0 amide bonds. The molecule has 0 atom stereocenters. The molecule has 3 aromatic heterocycles. The van der Waals surface area contributed by atoms with Gasteiger partial charge in [-0.05, 0) is 30.4 Å². The maximum absolute atomic E-state index is 13.3. The molecule has 1 aliphatic heterocycles. The Labute approximate surface area is 188 Å². The predicted molar refractivity (Wildman–Crippen MR) is 118 cm³/mol. The molecule has 0 saturated heterocycles. The third-order valence-electron chi connectivity index (χ3n) is 5.02. The molecule has 0 bridgehead atoms. The van der Waals surface area contributed by atoms with Gasteiger partial charge in [0.1, 0.15) is 22.6 Å². The number of pyridine rings is 1. The summed E-state index contributed by atoms with van der Waals surface area (Å²) >= 11 is 0. The van der Waals surface area contributed by atoms with Crippen molar-refractivity contribution in [2.24, 2.45) is 0 Å². The van der Waals surface area contributed by atoms with Gasteiger partial charge in [-0.2, -0.15) is 5.10 Å². The lowest BCUT2D eigenvalue weighted by Crippen LogP contribution is -2.16. The average molecular weight is 469 g/mol. The van der Waals surface area contributed by atoms with E-state index in [0.717, 1.165) is 0 Å². The van der Waals surface area contributed by atoms with Crippen LogP contribution in [0.1, 0.15) is 11.3 Å². The summed E-state index contributed by atoms with van der Waals surface area (Å²) in [5, 5.41) is 8.37. The molecule has 1 aliphatic rings. The van der Waals surface area contributed by atoms with Crippen molar-refractivity contribution in [2.45, 2.75) is 11.4 Å². The number of nitrogens with one attached hydrogen (secondary N) is 1. The zero-order valence-electron chi connectivity index (χ0n) is 17.7. The summed E-state index contributed by atoms with van der Waals surface area (Å²) in [6.45, 7) is 0.621. The molecule has 5 rings (SSSR count). The van der Waals surface area contributed by atoms with E-state index in [1.54, 1.807) is 47.4 Å². The normalized spacial score (nSPS) is 12.9. The minimum Gasteiger partial charge on any atom is -0.496 e. The second-order valence-corrected chi connectivity index (χ2v) is 8.71. The minimum atomic E-state index is -4.10. The molecule has 1 N–H and O–H groups in total. The number of aromatic nitrogens is 4. The Kier molecular flexibility index (Phi) is 5.13. The monoisotopic (exact) mass is 469 g/mol. The van der Waals surface area contributed by atoms with E-state index in [0.29, 0.717) is 34.5 Å². The van der Waals surface area contributed by atoms with Gasteiger partial charge in [0.25, 0.3) is 10.0 Å². The number of rotatable bonds is 7.